The molecule has 1 saturated carbocycles. The first-order valence-electron chi connectivity index (χ1n) is 6.93. The molecular weight excluding hydrogens is 315 g/mol. The lowest BCUT2D eigenvalue weighted by Crippen LogP contribution is -2.31. The Morgan fingerprint density at radius 3 is 2.76 bits per heavy atom. The second kappa shape index (κ2) is 6.44. The topological polar surface area (TPSA) is 51.2 Å². The highest BCUT2D eigenvalue weighted by atomic mass is 35.5. The molecule has 2 atom stereocenters. The van der Waals surface area contributed by atoms with Gasteiger partial charge in [0.25, 0.3) is 0 Å². The number of sulfone groups is 1. The molecule has 21 heavy (non-hydrogen) atoms. The summed E-state index contributed by atoms with van der Waals surface area (Å²) in [6, 6.07) is 4.58. The van der Waals surface area contributed by atoms with Crippen LogP contribution in [-0.4, -0.2) is 25.7 Å². The molecule has 0 bridgehead atoms. The first-order valence-corrected chi connectivity index (χ1v) is 9.26. The highest BCUT2D eigenvalue weighted by molar-refractivity contribution is 7.91. The molecule has 6 heteroatoms. The number of hydrogen-bond donors (Lipinski definition) is 0. The van der Waals surface area contributed by atoms with Gasteiger partial charge >= 0.3 is 0 Å². The van der Waals surface area contributed by atoms with E-state index in [1.165, 1.54) is 18.4 Å². The first kappa shape index (κ1) is 16.4. The average Bonchev–Trinajstić information content (AvgIpc) is 2.43. The monoisotopic (exact) mass is 332 g/mol. The predicted molar refractivity (Wildman–Crippen MR) is 80.7 cm³/mol. The number of ketones is 1. The molecular formula is C15H18ClFO3S. The van der Waals surface area contributed by atoms with Gasteiger partial charge in [-0.3, -0.25) is 4.79 Å². The summed E-state index contributed by atoms with van der Waals surface area (Å²) in [7, 11) is -3.13. The van der Waals surface area contributed by atoms with Gasteiger partial charge in [-0.15, -0.1) is 0 Å². The van der Waals surface area contributed by atoms with E-state index in [9.17, 15) is 17.6 Å². The number of carbonyl (C=O) groups excluding carboxylic acids is 1. The Balaban J connectivity index is 2.08. The molecule has 3 nitrogen and oxygen atoms in total. The average molecular weight is 333 g/mol. The quantitative estimate of drug-likeness (QED) is 0.850. The summed E-state index contributed by atoms with van der Waals surface area (Å²) in [6.45, 7) is 0. The van der Waals surface area contributed by atoms with E-state index in [1.54, 1.807) is 6.07 Å². The predicted octanol–water partition coefficient (Wildman–Crippen LogP) is 3.19. The van der Waals surface area contributed by atoms with Gasteiger partial charge in [0.1, 0.15) is 21.4 Å². The molecule has 1 aliphatic rings. The van der Waals surface area contributed by atoms with Crippen LogP contribution in [0.4, 0.5) is 4.39 Å². The molecule has 2 unspecified atom stereocenters. The van der Waals surface area contributed by atoms with E-state index in [0.29, 0.717) is 25.7 Å². The first-order chi connectivity index (χ1) is 9.79. The number of carbonyl (C=O) groups is 1. The van der Waals surface area contributed by atoms with Crippen LogP contribution in [-0.2, 0) is 21.1 Å². The SMILES string of the molecule is CS(=O)(=O)C1CCCC(C(=O)Cc2cccc(Cl)c2F)C1. The zero-order valence-electron chi connectivity index (χ0n) is 11.8. The Labute approximate surface area is 129 Å². The highest BCUT2D eigenvalue weighted by Gasteiger charge is 2.32. The maximum Gasteiger partial charge on any atom is 0.150 e. The van der Waals surface area contributed by atoms with Crippen molar-refractivity contribution >= 4 is 27.2 Å². The van der Waals surface area contributed by atoms with Crippen LogP contribution in [0, 0.1) is 11.7 Å². The molecule has 0 radical (unpaired) electrons. The van der Waals surface area contributed by atoms with Crippen molar-refractivity contribution in [2.45, 2.75) is 37.4 Å². The van der Waals surface area contributed by atoms with Crippen molar-refractivity contribution in [3.05, 3.63) is 34.6 Å². The third-order valence-electron chi connectivity index (χ3n) is 4.08. The van der Waals surface area contributed by atoms with Crippen molar-refractivity contribution in [3.63, 3.8) is 0 Å². The summed E-state index contributed by atoms with van der Waals surface area (Å²) in [5.74, 6) is -0.982. The lowest BCUT2D eigenvalue weighted by molar-refractivity contribution is -0.123. The van der Waals surface area contributed by atoms with Crippen molar-refractivity contribution in [2.75, 3.05) is 6.26 Å². The minimum atomic E-state index is -3.13. The fourth-order valence-corrected chi connectivity index (χ4v) is 4.21. The maximum atomic E-state index is 13.8. The van der Waals surface area contributed by atoms with Crippen LogP contribution in [0.3, 0.4) is 0 Å². The Morgan fingerprint density at radius 2 is 2.10 bits per heavy atom. The third-order valence-corrected chi connectivity index (χ3v) is 6.01. The van der Waals surface area contributed by atoms with Crippen LogP contribution in [0.25, 0.3) is 0 Å². The van der Waals surface area contributed by atoms with Gasteiger partial charge in [-0.25, -0.2) is 12.8 Å². The molecule has 1 fully saturated rings. The van der Waals surface area contributed by atoms with Crippen LogP contribution >= 0.6 is 11.6 Å². The Bertz CT molecular complexity index is 642. The number of benzene rings is 1. The molecule has 0 aliphatic heterocycles. The van der Waals surface area contributed by atoms with Crippen LogP contribution < -0.4 is 0 Å². The van der Waals surface area contributed by atoms with Gasteiger partial charge < -0.3 is 0 Å². The second-order valence-electron chi connectivity index (χ2n) is 5.67. The van der Waals surface area contributed by atoms with Crippen LogP contribution in [0.15, 0.2) is 18.2 Å². The third kappa shape index (κ3) is 4.04. The van der Waals surface area contributed by atoms with Crippen molar-refractivity contribution in [1.29, 1.82) is 0 Å². The van der Waals surface area contributed by atoms with E-state index in [4.69, 9.17) is 11.6 Å². The minimum Gasteiger partial charge on any atom is -0.299 e. The van der Waals surface area contributed by atoms with Crippen molar-refractivity contribution < 1.29 is 17.6 Å². The molecule has 0 spiro atoms. The molecule has 0 N–H and O–H groups in total. The number of Topliss-reactive ketones (excluding diaryl/α,β-unsaturated/α-hetero) is 1. The number of hydrogen-bond acceptors (Lipinski definition) is 3. The summed E-state index contributed by atoms with van der Waals surface area (Å²) in [6.07, 6.45) is 3.52. The molecule has 0 saturated heterocycles. The lowest BCUT2D eigenvalue weighted by Gasteiger charge is -2.27. The molecule has 0 aromatic heterocycles. The fourth-order valence-electron chi connectivity index (χ4n) is 2.84. The molecule has 0 heterocycles. The number of halogens is 2. The van der Waals surface area contributed by atoms with Crippen LogP contribution in [0.2, 0.25) is 5.02 Å². The smallest absolute Gasteiger partial charge is 0.150 e. The van der Waals surface area contributed by atoms with Crippen molar-refractivity contribution in [1.82, 2.24) is 0 Å². The van der Waals surface area contributed by atoms with Crippen LogP contribution in [0.1, 0.15) is 31.2 Å². The van der Waals surface area contributed by atoms with Gasteiger partial charge in [-0.1, -0.05) is 30.2 Å². The van der Waals surface area contributed by atoms with Gasteiger partial charge in [-0.05, 0) is 30.9 Å². The highest BCUT2D eigenvalue weighted by Crippen LogP contribution is 2.30. The standard InChI is InChI=1S/C15H18ClFO3S/c1-21(19,20)12-6-2-4-10(8-12)14(18)9-11-5-3-7-13(16)15(11)17/h3,5,7,10,12H,2,4,6,8-9H2,1H3. The van der Waals surface area contributed by atoms with E-state index in [2.05, 4.69) is 0 Å². The van der Waals surface area contributed by atoms with Gasteiger partial charge in [0, 0.05) is 18.6 Å². The van der Waals surface area contributed by atoms with Crippen molar-refractivity contribution in [3.8, 4) is 0 Å². The van der Waals surface area contributed by atoms with E-state index < -0.39 is 20.9 Å². The Kier molecular flexibility index (Phi) is 5.04. The largest absolute Gasteiger partial charge is 0.299 e. The normalized spacial score (nSPS) is 23.0. The lowest BCUT2D eigenvalue weighted by atomic mass is 9.84. The van der Waals surface area contributed by atoms with E-state index >= 15 is 0 Å². The molecule has 1 aliphatic carbocycles. The molecule has 1 aromatic carbocycles. The van der Waals surface area contributed by atoms with Gasteiger partial charge in [-0.2, -0.15) is 0 Å². The van der Waals surface area contributed by atoms with Gasteiger partial charge in [0.2, 0.25) is 0 Å². The minimum absolute atomic E-state index is 0.00189. The number of rotatable bonds is 4. The summed E-state index contributed by atoms with van der Waals surface area (Å²) in [5.41, 5.74) is 0.272. The zero-order valence-corrected chi connectivity index (χ0v) is 13.4. The second-order valence-corrected chi connectivity index (χ2v) is 8.40. The molecule has 1 aromatic rings. The Morgan fingerprint density at radius 1 is 1.38 bits per heavy atom. The summed E-state index contributed by atoms with van der Waals surface area (Å²) in [4.78, 5) is 12.3. The van der Waals surface area contributed by atoms with Gasteiger partial charge in [0.15, 0.2) is 0 Å². The van der Waals surface area contributed by atoms with Crippen LogP contribution in [0.5, 0.6) is 0 Å². The molecule has 0 amide bonds. The van der Waals surface area contributed by atoms with Gasteiger partial charge in [0.05, 0.1) is 10.3 Å². The summed E-state index contributed by atoms with van der Waals surface area (Å²) >= 11 is 5.70. The fraction of sp³-hybridized carbons (Fsp3) is 0.533. The van der Waals surface area contributed by atoms with E-state index in [1.807, 2.05) is 0 Å². The van der Waals surface area contributed by atoms with E-state index in [-0.39, 0.29) is 28.7 Å². The molecule has 2 rings (SSSR count). The maximum absolute atomic E-state index is 13.8. The summed E-state index contributed by atoms with van der Waals surface area (Å²) < 4.78 is 37.1. The zero-order chi connectivity index (χ0) is 15.6. The molecule has 116 valence electrons. The van der Waals surface area contributed by atoms with Crippen molar-refractivity contribution in [2.24, 2.45) is 5.92 Å². The Hall–Kier alpha value is -0.940. The summed E-state index contributed by atoms with van der Waals surface area (Å²) in [5, 5.41) is -0.456. The van der Waals surface area contributed by atoms with E-state index in [0.717, 1.165) is 0 Å².